The molecule has 0 aliphatic rings. The van der Waals surface area contributed by atoms with Gasteiger partial charge in [0.25, 0.3) is 5.69 Å². The van der Waals surface area contributed by atoms with Crippen molar-refractivity contribution in [3.05, 3.63) is 47.8 Å². The van der Waals surface area contributed by atoms with Crippen LogP contribution in [0.2, 0.25) is 0 Å². The molecule has 16 heavy (non-hydrogen) atoms. The minimum atomic E-state index is 0.196. The SMILES string of the molecule is Cc1c(O)cc(-[n+]2ccccc2)c(O)c1C. The van der Waals surface area contributed by atoms with Crippen molar-refractivity contribution < 1.29 is 14.8 Å². The third-order valence-electron chi connectivity index (χ3n) is 2.81. The molecule has 0 spiro atoms. The second-order valence-electron chi connectivity index (χ2n) is 3.80. The van der Waals surface area contributed by atoms with Gasteiger partial charge in [0.05, 0.1) is 6.07 Å². The van der Waals surface area contributed by atoms with E-state index >= 15 is 0 Å². The van der Waals surface area contributed by atoms with E-state index in [2.05, 4.69) is 0 Å². The Bertz CT molecular complexity index is 521. The van der Waals surface area contributed by atoms with Crippen molar-refractivity contribution >= 4 is 0 Å². The van der Waals surface area contributed by atoms with Gasteiger partial charge in [0.15, 0.2) is 18.1 Å². The lowest BCUT2D eigenvalue weighted by atomic mass is 10.1. The average molecular weight is 216 g/mol. The van der Waals surface area contributed by atoms with Gasteiger partial charge in [-0.2, -0.15) is 4.57 Å². The van der Waals surface area contributed by atoms with Crippen molar-refractivity contribution in [2.24, 2.45) is 0 Å². The Kier molecular flexibility index (Phi) is 2.52. The Hall–Kier alpha value is -2.03. The summed E-state index contributed by atoms with van der Waals surface area (Å²) in [6, 6.07) is 7.20. The van der Waals surface area contributed by atoms with Crippen LogP contribution in [0.5, 0.6) is 11.5 Å². The monoisotopic (exact) mass is 216 g/mol. The van der Waals surface area contributed by atoms with E-state index in [1.54, 1.807) is 24.5 Å². The van der Waals surface area contributed by atoms with Crippen LogP contribution in [0.3, 0.4) is 0 Å². The zero-order valence-electron chi connectivity index (χ0n) is 9.31. The molecule has 0 saturated heterocycles. The zero-order chi connectivity index (χ0) is 11.7. The fourth-order valence-corrected chi connectivity index (χ4v) is 1.62. The highest BCUT2D eigenvalue weighted by molar-refractivity contribution is 5.55. The second kappa shape index (κ2) is 3.85. The third-order valence-corrected chi connectivity index (χ3v) is 2.81. The summed E-state index contributed by atoms with van der Waals surface area (Å²) >= 11 is 0. The lowest BCUT2D eigenvalue weighted by Crippen LogP contribution is -2.29. The van der Waals surface area contributed by atoms with Gasteiger partial charge in [0.1, 0.15) is 5.75 Å². The molecule has 1 heterocycles. The summed E-state index contributed by atoms with van der Waals surface area (Å²) in [6.07, 6.45) is 3.65. The van der Waals surface area contributed by atoms with E-state index in [1.165, 1.54) is 0 Å². The quantitative estimate of drug-likeness (QED) is 0.565. The van der Waals surface area contributed by atoms with E-state index in [0.29, 0.717) is 16.8 Å². The number of phenolic OH excluding ortho intramolecular Hbond substituents is 2. The van der Waals surface area contributed by atoms with Crippen LogP contribution in [0.25, 0.3) is 5.69 Å². The summed E-state index contributed by atoms with van der Waals surface area (Å²) in [7, 11) is 0. The topological polar surface area (TPSA) is 44.3 Å². The van der Waals surface area contributed by atoms with Crippen LogP contribution in [0.15, 0.2) is 36.7 Å². The van der Waals surface area contributed by atoms with Crippen LogP contribution < -0.4 is 4.57 Å². The van der Waals surface area contributed by atoms with Crippen LogP contribution in [0.1, 0.15) is 11.1 Å². The minimum Gasteiger partial charge on any atom is -0.507 e. The highest BCUT2D eigenvalue weighted by Gasteiger charge is 2.18. The number of benzene rings is 1. The highest BCUT2D eigenvalue weighted by atomic mass is 16.3. The maximum absolute atomic E-state index is 10.0. The summed E-state index contributed by atoms with van der Waals surface area (Å²) in [5.41, 5.74) is 1.99. The first kappa shape index (κ1) is 10.5. The number of nitrogens with zero attached hydrogens (tertiary/aromatic N) is 1. The fraction of sp³-hybridized carbons (Fsp3) is 0.154. The van der Waals surface area contributed by atoms with Gasteiger partial charge >= 0.3 is 0 Å². The molecule has 0 aliphatic carbocycles. The fourth-order valence-electron chi connectivity index (χ4n) is 1.62. The first-order valence-corrected chi connectivity index (χ1v) is 5.10. The minimum absolute atomic E-state index is 0.196. The van der Waals surface area contributed by atoms with Crippen molar-refractivity contribution in [2.75, 3.05) is 0 Å². The number of aromatic hydroxyl groups is 2. The Balaban J connectivity index is 2.68. The molecule has 0 unspecified atom stereocenters. The molecule has 0 atom stereocenters. The van der Waals surface area contributed by atoms with Crippen LogP contribution >= 0.6 is 0 Å². The van der Waals surface area contributed by atoms with E-state index in [0.717, 1.165) is 0 Å². The summed E-state index contributed by atoms with van der Waals surface area (Å²) < 4.78 is 1.77. The predicted octanol–water partition coefficient (Wildman–Crippen LogP) is 1.99. The van der Waals surface area contributed by atoms with Gasteiger partial charge < -0.3 is 10.2 Å². The molecule has 82 valence electrons. The van der Waals surface area contributed by atoms with E-state index in [-0.39, 0.29) is 11.5 Å². The lowest BCUT2D eigenvalue weighted by molar-refractivity contribution is -0.596. The number of hydrogen-bond acceptors (Lipinski definition) is 2. The van der Waals surface area contributed by atoms with Gasteiger partial charge in [-0.05, 0) is 19.4 Å². The lowest BCUT2D eigenvalue weighted by Gasteiger charge is -2.07. The molecule has 2 aromatic rings. The molecule has 0 amide bonds. The molecule has 1 aromatic carbocycles. The molecule has 0 aliphatic heterocycles. The Morgan fingerprint density at radius 1 is 0.938 bits per heavy atom. The first-order chi connectivity index (χ1) is 7.61. The van der Waals surface area contributed by atoms with E-state index in [1.807, 2.05) is 30.6 Å². The van der Waals surface area contributed by atoms with E-state index in [9.17, 15) is 10.2 Å². The molecule has 2 rings (SSSR count). The molecular formula is C13H14NO2+. The van der Waals surface area contributed by atoms with Crippen LogP contribution in [-0.2, 0) is 0 Å². The highest BCUT2D eigenvalue weighted by Crippen LogP contribution is 2.31. The zero-order valence-corrected chi connectivity index (χ0v) is 9.31. The van der Waals surface area contributed by atoms with Gasteiger partial charge in [-0.3, -0.25) is 0 Å². The van der Waals surface area contributed by atoms with Crippen LogP contribution in [0, 0.1) is 13.8 Å². The number of rotatable bonds is 1. The average Bonchev–Trinajstić information content (AvgIpc) is 2.32. The van der Waals surface area contributed by atoms with Gasteiger partial charge in [0, 0.05) is 17.7 Å². The molecule has 3 nitrogen and oxygen atoms in total. The summed E-state index contributed by atoms with van der Waals surface area (Å²) in [4.78, 5) is 0. The standard InChI is InChI=1S/C13H13NO2/c1-9-10(2)13(16)11(8-12(9)15)14-6-4-3-5-7-14/h3-8H,1-2H3,(H-,15,16)/p+1. The van der Waals surface area contributed by atoms with Gasteiger partial charge in [-0.25, -0.2) is 0 Å². The van der Waals surface area contributed by atoms with E-state index < -0.39 is 0 Å². The summed E-state index contributed by atoms with van der Waals surface area (Å²) in [5.74, 6) is 0.396. The summed E-state index contributed by atoms with van der Waals surface area (Å²) in [5, 5.41) is 19.8. The molecule has 3 heteroatoms. The molecule has 1 aromatic heterocycles. The van der Waals surface area contributed by atoms with E-state index in [4.69, 9.17) is 0 Å². The van der Waals surface area contributed by atoms with Crippen molar-refractivity contribution in [1.82, 2.24) is 0 Å². The second-order valence-corrected chi connectivity index (χ2v) is 3.80. The number of hydrogen-bond donors (Lipinski definition) is 2. The smallest absolute Gasteiger partial charge is 0.256 e. The predicted molar refractivity (Wildman–Crippen MR) is 60.8 cm³/mol. The van der Waals surface area contributed by atoms with Crippen molar-refractivity contribution in [3.63, 3.8) is 0 Å². The third kappa shape index (κ3) is 1.60. The van der Waals surface area contributed by atoms with Crippen molar-refractivity contribution in [1.29, 1.82) is 0 Å². The molecular weight excluding hydrogens is 202 g/mol. The number of phenols is 2. The van der Waals surface area contributed by atoms with Gasteiger partial charge in [-0.15, -0.1) is 0 Å². The van der Waals surface area contributed by atoms with Crippen molar-refractivity contribution in [2.45, 2.75) is 13.8 Å². The normalized spacial score (nSPS) is 10.4. The molecule has 0 radical (unpaired) electrons. The molecule has 0 bridgehead atoms. The van der Waals surface area contributed by atoms with Crippen molar-refractivity contribution in [3.8, 4) is 17.2 Å². The Morgan fingerprint density at radius 2 is 1.56 bits per heavy atom. The molecule has 0 saturated carbocycles. The first-order valence-electron chi connectivity index (χ1n) is 5.10. The molecule has 2 N–H and O–H groups in total. The Morgan fingerprint density at radius 3 is 2.19 bits per heavy atom. The van der Waals surface area contributed by atoms with Crippen LogP contribution in [-0.4, -0.2) is 10.2 Å². The van der Waals surface area contributed by atoms with Gasteiger partial charge in [0.2, 0.25) is 0 Å². The van der Waals surface area contributed by atoms with Gasteiger partial charge in [-0.1, -0.05) is 6.07 Å². The largest absolute Gasteiger partial charge is 0.507 e. The summed E-state index contributed by atoms with van der Waals surface area (Å²) in [6.45, 7) is 3.57. The number of pyridine rings is 1. The maximum atomic E-state index is 10.0. The molecule has 0 fully saturated rings. The maximum Gasteiger partial charge on any atom is 0.256 e. The number of aromatic nitrogens is 1. The van der Waals surface area contributed by atoms with Crippen LogP contribution in [0.4, 0.5) is 0 Å². The Labute approximate surface area is 94.2 Å².